The van der Waals surface area contributed by atoms with Gasteiger partial charge in [0, 0.05) is 22.9 Å². The zero-order chi connectivity index (χ0) is 18.4. The Kier molecular flexibility index (Phi) is 4.19. The number of hydrogen-bond acceptors (Lipinski definition) is 4. The number of allylic oxidation sites excluding steroid dienone is 1. The van der Waals surface area contributed by atoms with Gasteiger partial charge in [-0.25, -0.2) is 4.39 Å². The van der Waals surface area contributed by atoms with Gasteiger partial charge in [-0.2, -0.15) is 0 Å². The molecule has 1 saturated heterocycles. The molecule has 0 radical (unpaired) electrons. The van der Waals surface area contributed by atoms with Crippen LogP contribution in [0.4, 0.5) is 4.39 Å². The number of halogens is 1. The van der Waals surface area contributed by atoms with Crippen molar-refractivity contribution in [3.8, 4) is 5.75 Å². The predicted octanol–water partition coefficient (Wildman–Crippen LogP) is 1.83. The molecule has 2 fully saturated rings. The number of carbonyl (C=O) groups excluding carboxylic acids is 2. The third-order valence-corrected chi connectivity index (χ3v) is 5.51. The zero-order valence-electron chi connectivity index (χ0n) is 14.5. The molecule has 1 aliphatic carbocycles. The minimum absolute atomic E-state index is 0.0679. The highest BCUT2D eigenvalue weighted by molar-refractivity contribution is 6.01. The van der Waals surface area contributed by atoms with E-state index < -0.39 is 11.9 Å². The Morgan fingerprint density at radius 1 is 1.27 bits per heavy atom. The van der Waals surface area contributed by atoms with Crippen LogP contribution in [0.25, 0.3) is 0 Å². The number of rotatable bonds is 3. The molecule has 3 atom stereocenters. The van der Waals surface area contributed by atoms with Crippen molar-refractivity contribution in [2.24, 2.45) is 5.73 Å². The first-order valence-corrected chi connectivity index (χ1v) is 8.99. The van der Waals surface area contributed by atoms with Crippen LogP contribution in [0.2, 0.25) is 0 Å². The molecule has 6 nitrogen and oxygen atoms in total. The highest BCUT2D eigenvalue weighted by Crippen LogP contribution is 2.35. The largest absolute Gasteiger partial charge is 0.486 e. The lowest BCUT2D eigenvalue weighted by Gasteiger charge is -2.30. The van der Waals surface area contributed by atoms with Crippen LogP contribution in [0.15, 0.2) is 24.4 Å². The van der Waals surface area contributed by atoms with E-state index in [4.69, 9.17) is 10.5 Å². The monoisotopic (exact) mass is 359 g/mol. The lowest BCUT2D eigenvalue weighted by atomic mass is 10.0. The second kappa shape index (κ2) is 6.39. The van der Waals surface area contributed by atoms with Crippen LogP contribution in [-0.2, 0) is 11.3 Å². The average Bonchev–Trinajstić information content (AvgIpc) is 3.15. The molecule has 2 amide bonds. The molecule has 138 valence electrons. The molecule has 3 N–H and O–H groups in total. The molecule has 1 aromatic carbocycles. The lowest BCUT2D eigenvalue weighted by Crippen LogP contribution is -2.49. The van der Waals surface area contributed by atoms with E-state index in [2.05, 4.69) is 11.9 Å². The van der Waals surface area contributed by atoms with Crippen molar-refractivity contribution in [3.05, 3.63) is 41.4 Å². The van der Waals surface area contributed by atoms with E-state index in [-0.39, 0.29) is 41.8 Å². The number of benzene rings is 1. The molecule has 0 aromatic heterocycles. The molecular formula is C19H22FN3O3. The Hall–Kier alpha value is -2.41. The Labute approximate surface area is 151 Å². The summed E-state index contributed by atoms with van der Waals surface area (Å²) < 4.78 is 20.7. The van der Waals surface area contributed by atoms with Crippen molar-refractivity contribution in [2.45, 2.75) is 56.8 Å². The molecule has 7 heteroatoms. The number of piperidine rings is 1. The molecule has 0 spiro atoms. The molecule has 0 bridgehead atoms. The number of nitrogens with two attached hydrogens (primary N) is 1. The first kappa shape index (κ1) is 17.0. The SMILES string of the molecule is C=C1CCC(N2Cc3c(ccc(O[C@H]4CCC[C@H]4N)c3F)C2=O)C(=O)N1. The van der Waals surface area contributed by atoms with Crippen LogP contribution in [0, 0.1) is 5.82 Å². The van der Waals surface area contributed by atoms with Gasteiger partial charge in [-0.05, 0) is 44.2 Å². The molecule has 4 rings (SSSR count). The number of nitrogens with one attached hydrogen (secondary N) is 1. The van der Waals surface area contributed by atoms with Gasteiger partial charge in [-0.15, -0.1) is 0 Å². The summed E-state index contributed by atoms with van der Waals surface area (Å²) in [5, 5.41) is 2.67. The van der Waals surface area contributed by atoms with Gasteiger partial charge in [0.2, 0.25) is 5.91 Å². The van der Waals surface area contributed by atoms with Crippen LogP contribution in [-0.4, -0.2) is 34.9 Å². The normalized spacial score (nSPS) is 28.3. The number of amides is 2. The summed E-state index contributed by atoms with van der Waals surface area (Å²) in [5.41, 5.74) is 7.22. The van der Waals surface area contributed by atoms with Crippen molar-refractivity contribution in [1.29, 1.82) is 0 Å². The van der Waals surface area contributed by atoms with Crippen LogP contribution >= 0.6 is 0 Å². The summed E-state index contributed by atoms with van der Waals surface area (Å²) in [7, 11) is 0. The van der Waals surface area contributed by atoms with E-state index in [0.29, 0.717) is 24.1 Å². The highest BCUT2D eigenvalue weighted by Gasteiger charge is 2.40. The van der Waals surface area contributed by atoms with E-state index >= 15 is 0 Å². The van der Waals surface area contributed by atoms with E-state index in [1.165, 1.54) is 11.0 Å². The summed E-state index contributed by atoms with van der Waals surface area (Å²) in [5.74, 6) is -0.993. The number of fused-ring (bicyclic) bond motifs is 1. The van der Waals surface area contributed by atoms with Gasteiger partial charge in [0.1, 0.15) is 12.1 Å². The van der Waals surface area contributed by atoms with Gasteiger partial charge in [-0.3, -0.25) is 9.59 Å². The van der Waals surface area contributed by atoms with Crippen molar-refractivity contribution in [1.82, 2.24) is 10.2 Å². The molecule has 1 aromatic rings. The zero-order valence-corrected chi connectivity index (χ0v) is 14.5. The Balaban J connectivity index is 1.57. The van der Waals surface area contributed by atoms with E-state index in [1.54, 1.807) is 6.07 Å². The molecule has 2 aliphatic heterocycles. The topological polar surface area (TPSA) is 84.7 Å². The third-order valence-electron chi connectivity index (χ3n) is 5.51. The first-order valence-electron chi connectivity index (χ1n) is 8.99. The van der Waals surface area contributed by atoms with Crippen molar-refractivity contribution < 1.29 is 18.7 Å². The molecular weight excluding hydrogens is 337 g/mol. The van der Waals surface area contributed by atoms with Gasteiger partial charge in [-0.1, -0.05) is 6.58 Å². The lowest BCUT2D eigenvalue weighted by molar-refractivity contribution is -0.126. The summed E-state index contributed by atoms with van der Waals surface area (Å²) in [6.45, 7) is 3.81. The second-order valence-corrected chi connectivity index (χ2v) is 7.24. The van der Waals surface area contributed by atoms with Crippen LogP contribution < -0.4 is 15.8 Å². The highest BCUT2D eigenvalue weighted by atomic mass is 19.1. The minimum Gasteiger partial charge on any atom is -0.486 e. The summed E-state index contributed by atoms with van der Waals surface area (Å²) >= 11 is 0. The van der Waals surface area contributed by atoms with Gasteiger partial charge in [0.05, 0.1) is 6.54 Å². The Morgan fingerprint density at radius 3 is 2.77 bits per heavy atom. The van der Waals surface area contributed by atoms with E-state index in [9.17, 15) is 14.0 Å². The number of ether oxygens (including phenoxy) is 1. The predicted molar refractivity (Wildman–Crippen MR) is 92.8 cm³/mol. The minimum atomic E-state index is -0.604. The van der Waals surface area contributed by atoms with Gasteiger partial charge in [0.15, 0.2) is 11.6 Å². The number of carbonyl (C=O) groups is 2. The molecule has 2 heterocycles. The fourth-order valence-corrected chi connectivity index (χ4v) is 4.02. The fourth-order valence-electron chi connectivity index (χ4n) is 4.02. The van der Waals surface area contributed by atoms with Gasteiger partial charge in [0.25, 0.3) is 5.91 Å². The van der Waals surface area contributed by atoms with Gasteiger partial charge >= 0.3 is 0 Å². The van der Waals surface area contributed by atoms with Crippen LogP contribution in [0.1, 0.15) is 48.0 Å². The van der Waals surface area contributed by atoms with E-state index in [1.807, 2.05) is 0 Å². The van der Waals surface area contributed by atoms with Crippen LogP contribution in [0.5, 0.6) is 5.75 Å². The maximum atomic E-state index is 15.0. The molecule has 3 aliphatic rings. The number of nitrogens with zero attached hydrogens (tertiary/aromatic N) is 1. The molecule has 1 unspecified atom stereocenters. The smallest absolute Gasteiger partial charge is 0.255 e. The van der Waals surface area contributed by atoms with Crippen molar-refractivity contribution >= 4 is 11.8 Å². The molecule has 1 saturated carbocycles. The van der Waals surface area contributed by atoms with E-state index in [0.717, 1.165) is 19.3 Å². The second-order valence-electron chi connectivity index (χ2n) is 7.24. The van der Waals surface area contributed by atoms with Crippen molar-refractivity contribution in [2.75, 3.05) is 0 Å². The van der Waals surface area contributed by atoms with Crippen molar-refractivity contribution in [3.63, 3.8) is 0 Å². The first-order chi connectivity index (χ1) is 12.5. The summed E-state index contributed by atoms with van der Waals surface area (Å²) in [6, 6.07) is 2.37. The Morgan fingerprint density at radius 2 is 2.08 bits per heavy atom. The van der Waals surface area contributed by atoms with Crippen LogP contribution in [0.3, 0.4) is 0 Å². The quantitative estimate of drug-likeness (QED) is 0.862. The standard InChI is InChI=1S/C19H22FN3O3/c1-10-5-7-14(18(24)22-10)23-9-12-11(19(23)25)6-8-16(17(12)20)26-15-4-2-3-13(15)21/h6,8,13-15H,1-5,7,9,21H2,(H,22,24)/t13-,14?,15+/m1/s1. The number of hydrogen-bond donors (Lipinski definition) is 2. The fraction of sp³-hybridized carbons (Fsp3) is 0.474. The summed E-state index contributed by atoms with van der Waals surface area (Å²) in [4.78, 5) is 26.3. The molecule has 26 heavy (non-hydrogen) atoms. The summed E-state index contributed by atoms with van der Waals surface area (Å²) in [6.07, 6.45) is 3.53. The average molecular weight is 359 g/mol. The maximum absolute atomic E-state index is 15.0. The van der Waals surface area contributed by atoms with Gasteiger partial charge < -0.3 is 20.7 Å². The maximum Gasteiger partial charge on any atom is 0.255 e. The third kappa shape index (κ3) is 2.76. The Bertz CT molecular complexity index is 794.